The summed E-state index contributed by atoms with van der Waals surface area (Å²) in [6.07, 6.45) is 8.15. The molecule has 2 fully saturated rings. The van der Waals surface area contributed by atoms with Crippen LogP contribution in [0.2, 0.25) is 0 Å². The molecule has 1 atom stereocenters. The van der Waals surface area contributed by atoms with E-state index >= 15 is 0 Å². The quantitative estimate of drug-likeness (QED) is 0.342. The molecule has 6 nitrogen and oxygen atoms in total. The van der Waals surface area contributed by atoms with E-state index in [1.54, 1.807) is 0 Å². The van der Waals surface area contributed by atoms with Gasteiger partial charge in [-0.3, -0.25) is 9.79 Å². The molecule has 2 heterocycles. The number of hydrogen-bond donors (Lipinski definition) is 2. The van der Waals surface area contributed by atoms with Gasteiger partial charge in [0.25, 0.3) is 0 Å². The highest BCUT2D eigenvalue weighted by molar-refractivity contribution is 5.80. The van der Waals surface area contributed by atoms with Crippen molar-refractivity contribution in [2.24, 2.45) is 10.9 Å². The van der Waals surface area contributed by atoms with Crippen LogP contribution in [-0.2, 0) is 11.2 Å². The van der Waals surface area contributed by atoms with Gasteiger partial charge < -0.3 is 20.4 Å². The fourth-order valence-corrected chi connectivity index (χ4v) is 4.53. The van der Waals surface area contributed by atoms with E-state index in [9.17, 15) is 4.79 Å². The summed E-state index contributed by atoms with van der Waals surface area (Å²) in [5.74, 6) is 1.47. The molecular formula is C25H41N5O. The minimum Gasteiger partial charge on any atom is -0.357 e. The van der Waals surface area contributed by atoms with Gasteiger partial charge in [-0.05, 0) is 57.8 Å². The number of nitrogens with one attached hydrogen (secondary N) is 2. The molecule has 0 saturated carbocycles. The number of rotatable bonds is 10. The van der Waals surface area contributed by atoms with Gasteiger partial charge in [0, 0.05) is 45.1 Å². The number of carbonyl (C=O) groups is 1. The number of guanidine groups is 1. The number of carbonyl (C=O) groups excluding carboxylic acids is 1. The molecule has 3 rings (SSSR count). The summed E-state index contributed by atoms with van der Waals surface area (Å²) >= 11 is 0. The Morgan fingerprint density at radius 2 is 1.84 bits per heavy atom. The maximum absolute atomic E-state index is 12.4. The lowest BCUT2D eigenvalue weighted by Crippen LogP contribution is -2.39. The van der Waals surface area contributed by atoms with Gasteiger partial charge >= 0.3 is 0 Å². The van der Waals surface area contributed by atoms with Crippen molar-refractivity contribution in [1.29, 1.82) is 0 Å². The maximum Gasteiger partial charge on any atom is 0.223 e. The van der Waals surface area contributed by atoms with Crippen molar-refractivity contribution in [3.8, 4) is 0 Å². The van der Waals surface area contributed by atoms with Crippen molar-refractivity contribution in [2.75, 3.05) is 52.4 Å². The van der Waals surface area contributed by atoms with Crippen molar-refractivity contribution in [2.45, 2.75) is 51.9 Å². The zero-order valence-corrected chi connectivity index (χ0v) is 19.3. The maximum atomic E-state index is 12.4. The Bertz CT molecular complexity index is 670. The number of hydrogen-bond acceptors (Lipinski definition) is 3. The molecular weight excluding hydrogens is 386 g/mol. The Morgan fingerprint density at radius 3 is 2.58 bits per heavy atom. The molecule has 1 aromatic rings. The average Bonchev–Trinajstić information content (AvgIpc) is 2.97. The van der Waals surface area contributed by atoms with E-state index in [1.165, 1.54) is 50.9 Å². The highest BCUT2D eigenvalue weighted by Crippen LogP contribution is 2.18. The summed E-state index contributed by atoms with van der Waals surface area (Å²) < 4.78 is 0. The monoisotopic (exact) mass is 427 g/mol. The zero-order valence-electron chi connectivity index (χ0n) is 19.3. The Hall–Kier alpha value is -2.08. The molecule has 1 unspecified atom stereocenters. The van der Waals surface area contributed by atoms with Gasteiger partial charge in [-0.15, -0.1) is 0 Å². The largest absolute Gasteiger partial charge is 0.357 e. The first-order valence-electron chi connectivity index (χ1n) is 12.3. The molecule has 0 aliphatic carbocycles. The topological polar surface area (TPSA) is 60.0 Å². The summed E-state index contributed by atoms with van der Waals surface area (Å²) in [4.78, 5) is 21.8. The van der Waals surface area contributed by atoms with Gasteiger partial charge in [-0.1, -0.05) is 43.2 Å². The number of benzene rings is 1. The van der Waals surface area contributed by atoms with E-state index in [1.807, 2.05) is 11.0 Å². The lowest BCUT2D eigenvalue weighted by atomic mass is 10.1. The third-order valence-electron chi connectivity index (χ3n) is 6.30. The first-order chi connectivity index (χ1) is 15.2. The van der Waals surface area contributed by atoms with E-state index < -0.39 is 0 Å². The molecule has 0 bridgehead atoms. The second-order valence-electron chi connectivity index (χ2n) is 8.90. The predicted octanol–water partition coefficient (Wildman–Crippen LogP) is 2.90. The third-order valence-corrected chi connectivity index (χ3v) is 6.30. The second kappa shape index (κ2) is 13.4. The highest BCUT2D eigenvalue weighted by Gasteiger charge is 2.29. The molecule has 0 aromatic heterocycles. The van der Waals surface area contributed by atoms with Gasteiger partial charge in [0.1, 0.15) is 0 Å². The minimum absolute atomic E-state index is 0.270. The average molecular weight is 428 g/mol. The lowest BCUT2D eigenvalue weighted by Gasteiger charge is -2.20. The molecule has 2 saturated heterocycles. The summed E-state index contributed by atoms with van der Waals surface area (Å²) in [5.41, 5.74) is 1.29. The van der Waals surface area contributed by atoms with Crippen molar-refractivity contribution < 1.29 is 4.79 Å². The molecule has 0 spiro atoms. The Labute approximate surface area is 188 Å². The fourth-order valence-electron chi connectivity index (χ4n) is 4.53. The van der Waals surface area contributed by atoms with Crippen molar-refractivity contribution >= 4 is 11.9 Å². The first kappa shape index (κ1) is 23.6. The van der Waals surface area contributed by atoms with Crippen LogP contribution >= 0.6 is 0 Å². The van der Waals surface area contributed by atoms with Crippen LogP contribution in [0.3, 0.4) is 0 Å². The number of aliphatic imine (C=N–C) groups is 1. The molecule has 2 N–H and O–H groups in total. The van der Waals surface area contributed by atoms with Gasteiger partial charge in [-0.2, -0.15) is 0 Å². The summed E-state index contributed by atoms with van der Waals surface area (Å²) in [7, 11) is 0. The van der Waals surface area contributed by atoms with Gasteiger partial charge in [0.05, 0.1) is 0 Å². The smallest absolute Gasteiger partial charge is 0.223 e. The number of nitrogens with zero attached hydrogens (tertiary/aromatic N) is 3. The Balaban J connectivity index is 1.37. The normalized spacial score (nSPS) is 20.7. The SMILES string of the molecule is CCNC(=NCC1CC(=O)N(CCc2ccccc2)C1)NCCCN1CCCCCC1. The van der Waals surface area contributed by atoms with Crippen LogP contribution in [0.1, 0.15) is 51.0 Å². The highest BCUT2D eigenvalue weighted by atomic mass is 16.2. The van der Waals surface area contributed by atoms with E-state index in [-0.39, 0.29) is 5.91 Å². The predicted molar refractivity (Wildman–Crippen MR) is 128 cm³/mol. The first-order valence-corrected chi connectivity index (χ1v) is 12.3. The molecule has 172 valence electrons. The second-order valence-corrected chi connectivity index (χ2v) is 8.90. The van der Waals surface area contributed by atoms with Crippen LogP contribution in [0.4, 0.5) is 0 Å². The van der Waals surface area contributed by atoms with Crippen LogP contribution in [0.5, 0.6) is 0 Å². The Kier molecular flexibility index (Phi) is 10.2. The third kappa shape index (κ3) is 8.52. The zero-order chi connectivity index (χ0) is 21.7. The van der Waals surface area contributed by atoms with Crippen molar-refractivity contribution in [1.82, 2.24) is 20.4 Å². The summed E-state index contributed by atoms with van der Waals surface area (Å²) in [6.45, 7) is 9.89. The van der Waals surface area contributed by atoms with Crippen molar-refractivity contribution in [3.63, 3.8) is 0 Å². The van der Waals surface area contributed by atoms with Gasteiger partial charge in [0.15, 0.2) is 5.96 Å². The van der Waals surface area contributed by atoms with Crippen LogP contribution in [0.25, 0.3) is 0 Å². The minimum atomic E-state index is 0.270. The van der Waals surface area contributed by atoms with E-state index in [0.717, 1.165) is 45.0 Å². The van der Waals surface area contributed by atoms with Crippen LogP contribution < -0.4 is 10.6 Å². The number of likely N-dealkylation sites (tertiary alicyclic amines) is 2. The summed E-state index contributed by atoms with van der Waals surface area (Å²) in [6, 6.07) is 10.4. The van der Waals surface area contributed by atoms with Crippen LogP contribution in [0, 0.1) is 5.92 Å². The van der Waals surface area contributed by atoms with Crippen LogP contribution in [0.15, 0.2) is 35.3 Å². The molecule has 2 aliphatic rings. The number of amides is 1. The summed E-state index contributed by atoms with van der Waals surface area (Å²) in [5, 5.41) is 6.83. The molecule has 31 heavy (non-hydrogen) atoms. The fraction of sp³-hybridized carbons (Fsp3) is 0.680. The van der Waals surface area contributed by atoms with E-state index in [4.69, 9.17) is 4.99 Å². The van der Waals surface area contributed by atoms with E-state index in [2.05, 4.69) is 46.7 Å². The van der Waals surface area contributed by atoms with Gasteiger partial charge in [0.2, 0.25) is 5.91 Å². The molecule has 1 amide bonds. The van der Waals surface area contributed by atoms with Crippen LogP contribution in [-0.4, -0.2) is 74.0 Å². The molecule has 6 heteroatoms. The standard InChI is InChI=1S/C25H41N5O/c1-2-26-25(27-14-10-17-29-15-8-3-4-9-16-29)28-20-23-19-24(31)30(21-23)18-13-22-11-6-5-7-12-22/h5-7,11-12,23H,2-4,8-10,13-21H2,1H3,(H2,26,27,28). The van der Waals surface area contributed by atoms with Crippen molar-refractivity contribution in [3.05, 3.63) is 35.9 Å². The lowest BCUT2D eigenvalue weighted by molar-refractivity contribution is -0.127. The molecule has 1 aromatic carbocycles. The molecule has 2 aliphatic heterocycles. The molecule has 0 radical (unpaired) electrons. The van der Waals surface area contributed by atoms with Gasteiger partial charge in [-0.25, -0.2) is 0 Å². The Morgan fingerprint density at radius 1 is 1.06 bits per heavy atom. The van der Waals surface area contributed by atoms with E-state index in [0.29, 0.717) is 18.9 Å².